The summed E-state index contributed by atoms with van der Waals surface area (Å²) in [6.45, 7) is 1.75. The third kappa shape index (κ3) is 2.48. The number of hydrogen-bond donors (Lipinski definition) is 1. The van der Waals surface area contributed by atoms with Gasteiger partial charge in [-0.05, 0) is 25.5 Å². The van der Waals surface area contributed by atoms with Gasteiger partial charge in [-0.25, -0.2) is 8.78 Å². The Balaban J connectivity index is 3.10. The van der Waals surface area contributed by atoms with Crippen molar-refractivity contribution >= 4 is 15.9 Å². The molecule has 0 aliphatic heterocycles. The lowest BCUT2D eigenvalue weighted by molar-refractivity contribution is 0.494. The summed E-state index contributed by atoms with van der Waals surface area (Å²) >= 11 is 3.15. The number of halogens is 3. The largest absolute Gasteiger partial charge is 0.328 e. The first-order chi connectivity index (χ1) is 6.02. The Hall–Kier alpha value is -0.480. The average molecular weight is 250 g/mol. The van der Waals surface area contributed by atoms with E-state index in [9.17, 15) is 8.78 Å². The molecule has 0 radical (unpaired) electrons. The lowest BCUT2D eigenvalue weighted by Gasteiger charge is -2.08. The van der Waals surface area contributed by atoms with Crippen LogP contribution in [0.25, 0.3) is 0 Å². The lowest BCUT2D eigenvalue weighted by Crippen LogP contribution is -2.19. The van der Waals surface area contributed by atoms with Gasteiger partial charge < -0.3 is 5.73 Å². The standard InChI is InChI=1S/C9H10BrF2N/c1-5(13)4-6-7(10)2-3-8(11)9(6)12/h2-3,5H,4,13H2,1H3. The Morgan fingerprint density at radius 1 is 1.46 bits per heavy atom. The first kappa shape index (κ1) is 10.6. The molecule has 0 bridgehead atoms. The molecule has 0 amide bonds. The maximum atomic E-state index is 13.2. The molecule has 0 fully saturated rings. The summed E-state index contributed by atoms with van der Waals surface area (Å²) in [7, 11) is 0. The van der Waals surface area contributed by atoms with Gasteiger partial charge in [0, 0.05) is 16.1 Å². The van der Waals surface area contributed by atoms with E-state index in [2.05, 4.69) is 15.9 Å². The molecule has 0 aromatic heterocycles. The van der Waals surface area contributed by atoms with Crippen molar-refractivity contribution in [2.24, 2.45) is 5.73 Å². The third-order valence-corrected chi connectivity index (χ3v) is 2.41. The minimum absolute atomic E-state index is 0.187. The van der Waals surface area contributed by atoms with Gasteiger partial charge in [-0.15, -0.1) is 0 Å². The molecule has 13 heavy (non-hydrogen) atoms. The second-order valence-electron chi connectivity index (χ2n) is 3.00. The molecule has 0 saturated heterocycles. The fourth-order valence-electron chi connectivity index (χ4n) is 1.08. The Bertz CT molecular complexity index is 313. The molecule has 1 nitrogen and oxygen atoms in total. The highest BCUT2D eigenvalue weighted by molar-refractivity contribution is 9.10. The van der Waals surface area contributed by atoms with Crippen molar-refractivity contribution in [1.82, 2.24) is 0 Å². The first-order valence-corrected chi connectivity index (χ1v) is 4.69. The topological polar surface area (TPSA) is 26.0 Å². The van der Waals surface area contributed by atoms with Gasteiger partial charge in [0.1, 0.15) is 0 Å². The van der Waals surface area contributed by atoms with Crippen molar-refractivity contribution in [2.45, 2.75) is 19.4 Å². The van der Waals surface area contributed by atoms with Gasteiger partial charge in [0.15, 0.2) is 11.6 Å². The van der Waals surface area contributed by atoms with Gasteiger partial charge in [-0.2, -0.15) is 0 Å². The second kappa shape index (κ2) is 4.15. The van der Waals surface area contributed by atoms with Crippen molar-refractivity contribution in [3.05, 3.63) is 33.8 Å². The number of rotatable bonds is 2. The van der Waals surface area contributed by atoms with Crippen LogP contribution in [-0.4, -0.2) is 6.04 Å². The smallest absolute Gasteiger partial charge is 0.163 e. The zero-order chi connectivity index (χ0) is 10.0. The number of hydrogen-bond acceptors (Lipinski definition) is 1. The van der Waals surface area contributed by atoms with E-state index in [1.165, 1.54) is 6.07 Å². The highest BCUT2D eigenvalue weighted by atomic mass is 79.9. The molecule has 0 saturated carbocycles. The minimum atomic E-state index is -0.834. The molecule has 0 heterocycles. The van der Waals surface area contributed by atoms with E-state index in [0.29, 0.717) is 16.5 Å². The predicted molar refractivity (Wildman–Crippen MR) is 51.4 cm³/mol. The van der Waals surface area contributed by atoms with Crippen molar-refractivity contribution < 1.29 is 8.78 Å². The molecule has 4 heteroatoms. The van der Waals surface area contributed by atoms with Crippen LogP contribution in [0.15, 0.2) is 16.6 Å². The average Bonchev–Trinajstić information content (AvgIpc) is 2.05. The summed E-state index contributed by atoms with van der Waals surface area (Å²) in [5.41, 5.74) is 5.80. The van der Waals surface area contributed by atoms with Crippen LogP contribution in [0.1, 0.15) is 12.5 Å². The summed E-state index contributed by atoms with van der Waals surface area (Å²) in [5.74, 6) is -1.65. The molecule has 0 aliphatic rings. The summed E-state index contributed by atoms with van der Waals surface area (Å²) in [5, 5.41) is 0. The summed E-state index contributed by atoms with van der Waals surface area (Å²) in [6, 6.07) is 2.38. The first-order valence-electron chi connectivity index (χ1n) is 3.90. The molecule has 0 aliphatic carbocycles. The van der Waals surface area contributed by atoms with E-state index in [4.69, 9.17) is 5.73 Å². The van der Waals surface area contributed by atoms with E-state index in [1.54, 1.807) is 6.92 Å². The molecular formula is C9H10BrF2N. The van der Waals surface area contributed by atoms with Crippen LogP contribution in [0.5, 0.6) is 0 Å². The Morgan fingerprint density at radius 2 is 2.08 bits per heavy atom. The van der Waals surface area contributed by atoms with Crippen LogP contribution in [-0.2, 0) is 6.42 Å². The number of benzene rings is 1. The fourth-order valence-corrected chi connectivity index (χ4v) is 1.55. The molecule has 72 valence electrons. The van der Waals surface area contributed by atoms with Crippen molar-refractivity contribution in [3.8, 4) is 0 Å². The SMILES string of the molecule is CC(N)Cc1c(Br)ccc(F)c1F. The van der Waals surface area contributed by atoms with Gasteiger partial charge in [-0.1, -0.05) is 15.9 Å². The molecule has 1 aromatic rings. The van der Waals surface area contributed by atoms with E-state index < -0.39 is 11.6 Å². The third-order valence-electron chi connectivity index (χ3n) is 1.67. The lowest BCUT2D eigenvalue weighted by atomic mass is 10.1. The molecule has 1 aromatic carbocycles. The van der Waals surface area contributed by atoms with Crippen LogP contribution in [0, 0.1) is 11.6 Å². The Morgan fingerprint density at radius 3 is 2.62 bits per heavy atom. The molecular weight excluding hydrogens is 240 g/mol. The van der Waals surface area contributed by atoms with Crippen LogP contribution in [0.3, 0.4) is 0 Å². The maximum absolute atomic E-state index is 13.2. The maximum Gasteiger partial charge on any atom is 0.163 e. The number of nitrogens with two attached hydrogens (primary N) is 1. The minimum Gasteiger partial charge on any atom is -0.328 e. The van der Waals surface area contributed by atoms with Gasteiger partial charge in [-0.3, -0.25) is 0 Å². The van der Waals surface area contributed by atoms with Crippen molar-refractivity contribution in [3.63, 3.8) is 0 Å². The van der Waals surface area contributed by atoms with Crippen LogP contribution < -0.4 is 5.73 Å². The molecule has 2 N–H and O–H groups in total. The summed E-state index contributed by atoms with van der Waals surface area (Å²) in [4.78, 5) is 0. The van der Waals surface area contributed by atoms with Crippen molar-refractivity contribution in [2.75, 3.05) is 0 Å². The second-order valence-corrected chi connectivity index (χ2v) is 3.86. The highest BCUT2D eigenvalue weighted by Crippen LogP contribution is 2.22. The van der Waals surface area contributed by atoms with Crippen molar-refractivity contribution in [1.29, 1.82) is 0 Å². The normalized spacial score (nSPS) is 13.0. The van der Waals surface area contributed by atoms with Gasteiger partial charge in [0.05, 0.1) is 0 Å². The zero-order valence-corrected chi connectivity index (χ0v) is 8.74. The molecule has 1 atom stereocenters. The van der Waals surface area contributed by atoms with Gasteiger partial charge in [0.2, 0.25) is 0 Å². The van der Waals surface area contributed by atoms with Gasteiger partial charge in [0.25, 0.3) is 0 Å². The molecule has 1 rings (SSSR count). The summed E-state index contributed by atoms with van der Waals surface area (Å²) < 4.78 is 26.5. The fraction of sp³-hybridized carbons (Fsp3) is 0.333. The van der Waals surface area contributed by atoms with Gasteiger partial charge >= 0.3 is 0 Å². The zero-order valence-electron chi connectivity index (χ0n) is 7.15. The molecule has 1 unspecified atom stereocenters. The van der Waals surface area contributed by atoms with E-state index >= 15 is 0 Å². The van der Waals surface area contributed by atoms with Crippen LogP contribution in [0.2, 0.25) is 0 Å². The quantitative estimate of drug-likeness (QED) is 0.802. The Labute approximate surface area is 84.1 Å². The monoisotopic (exact) mass is 249 g/mol. The van der Waals surface area contributed by atoms with E-state index in [1.807, 2.05) is 0 Å². The van der Waals surface area contributed by atoms with Crippen LogP contribution >= 0.6 is 15.9 Å². The Kier molecular flexibility index (Phi) is 3.39. The summed E-state index contributed by atoms with van der Waals surface area (Å²) in [6.07, 6.45) is 0.324. The highest BCUT2D eigenvalue weighted by Gasteiger charge is 2.12. The van der Waals surface area contributed by atoms with E-state index in [0.717, 1.165) is 6.07 Å². The van der Waals surface area contributed by atoms with Crippen LogP contribution in [0.4, 0.5) is 8.78 Å². The predicted octanol–water partition coefficient (Wildman–Crippen LogP) is 2.62. The molecule has 0 spiro atoms. The van der Waals surface area contributed by atoms with E-state index in [-0.39, 0.29) is 6.04 Å².